The maximum absolute atomic E-state index is 9.21. The monoisotopic (exact) mass is 191 g/mol. The lowest BCUT2D eigenvalue weighted by molar-refractivity contribution is 0.114. The molecule has 0 heterocycles. The fourth-order valence-corrected chi connectivity index (χ4v) is 1.50. The van der Waals surface area contributed by atoms with Crippen LogP contribution in [0.4, 0.5) is 0 Å². The molecular weight excluding hydrogens is 168 g/mol. The Morgan fingerprint density at radius 2 is 1.92 bits per heavy atom. The molecule has 0 fully saturated rings. The van der Waals surface area contributed by atoms with Gasteiger partial charge >= 0.3 is 0 Å². The molecular formula is C9H22O2Si. The van der Waals surface area contributed by atoms with Crippen molar-refractivity contribution in [1.82, 2.24) is 0 Å². The second-order valence-electron chi connectivity index (χ2n) is 4.78. The van der Waals surface area contributed by atoms with E-state index in [9.17, 15) is 5.11 Å². The van der Waals surface area contributed by atoms with Crippen molar-refractivity contribution >= 4 is 8.32 Å². The average molecular weight is 191 g/mol. The molecule has 0 saturated heterocycles. The standard InChI is InChI=1S/C9H22O2Si/c1-8(10)7-11-12(5,6)9(2,3)4/h8,10H,7H2,1-6H3/t8-/m1/s1/i8D. The summed E-state index contributed by atoms with van der Waals surface area (Å²) >= 11 is 0. The molecule has 0 rings (SSSR count). The first-order valence-corrected chi connectivity index (χ1v) is 7.23. The molecule has 0 unspecified atom stereocenters. The van der Waals surface area contributed by atoms with Gasteiger partial charge in [-0.3, -0.25) is 0 Å². The normalized spacial score (nSPS) is 20.1. The highest BCUT2D eigenvalue weighted by Gasteiger charge is 2.37. The second-order valence-corrected chi connectivity index (χ2v) is 9.59. The van der Waals surface area contributed by atoms with E-state index in [1.54, 1.807) is 0 Å². The van der Waals surface area contributed by atoms with Crippen LogP contribution in [0.25, 0.3) is 0 Å². The highest BCUT2D eigenvalue weighted by atomic mass is 28.4. The summed E-state index contributed by atoms with van der Waals surface area (Å²) in [5.41, 5.74) is 0. The molecule has 2 nitrogen and oxygen atoms in total. The molecule has 0 aromatic carbocycles. The van der Waals surface area contributed by atoms with Crippen LogP contribution in [0.3, 0.4) is 0 Å². The van der Waals surface area contributed by atoms with Crippen molar-refractivity contribution in [3.8, 4) is 0 Å². The van der Waals surface area contributed by atoms with Gasteiger partial charge in [0.25, 0.3) is 0 Å². The maximum atomic E-state index is 9.21. The van der Waals surface area contributed by atoms with Gasteiger partial charge in [0, 0.05) is 0 Å². The highest BCUT2D eigenvalue weighted by Crippen LogP contribution is 2.36. The Labute approximate surface area is 78.5 Å². The lowest BCUT2D eigenvalue weighted by Crippen LogP contribution is -2.42. The van der Waals surface area contributed by atoms with Crippen molar-refractivity contribution in [2.75, 3.05) is 6.61 Å². The first-order chi connectivity index (χ1) is 5.46. The molecule has 12 heavy (non-hydrogen) atoms. The molecule has 0 aromatic rings. The van der Waals surface area contributed by atoms with Gasteiger partial charge in [0.1, 0.15) is 0 Å². The molecule has 1 atom stereocenters. The van der Waals surface area contributed by atoms with Crippen molar-refractivity contribution in [2.24, 2.45) is 0 Å². The molecule has 0 amide bonds. The van der Waals surface area contributed by atoms with Crippen LogP contribution >= 0.6 is 0 Å². The van der Waals surface area contributed by atoms with E-state index in [-0.39, 0.29) is 11.6 Å². The van der Waals surface area contributed by atoms with Crippen molar-refractivity contribution in [2.45, 2.75) is 51.9 Å². The molecule has 0 spiro atoms. The van der Waals surface area contributed by atoms with Crippen LogP contribution in [0, 0.1) is 0 Å². The first-order valence-electron chi connectivity index (χ1n) is 4.82. The lowest BCUT2D eigenvalue weighted by Gasteiger charge is -2.36. The van der Waals surface area contributed by atoms with Gasteiger partial charge in [-0.1, -0.05) is 20.8 Å². The highest BCUT2D eigenvalue weighted by molar-refractivity contribution is 6.74. The Morgan fingerprint density at radius 1 is 1.50 bits per heavy atom. The fourth-order valence-electron chi connectivity index (χ4n) is 0.501. The summed E-state index contributed by atoms with van der Waals surface area (Å²) < 4.78 is 12.9. The van der Waals surface area contributed by atoms with Crippen LogP contribution in [0.5, 0.6) is 0 Å². The summed E-state index contributed by atoms with van der Waals surface area (Å²) in [6.07, 6.45) is -1.46. The van der Waals surface area contributed by atoms with E-state index in [2.05, 4.69) is 33.9 Å². The topological polar surface area (TPSA) is 29.5 Å². The number of aliphatic hydroxyl groups is 1. The van der Waals surface area contributed by atoms with E-state index in [1.165, 1.54) is 6.92 Å². The van der Waals surface area contributed by atoms with Crippen LogP contribution in [0.1, 0.15) is 29.1 Å². The van der Waals surface area contributed by atoms with Crippen LogP contribution in [0.15, 0.2) is 0 Å². The van der Waals surface area contributed by atoms with Gasteiger partial charge in [0.15, 0.2) is 8.32 Å². The quantitative estimate of drug-likeness (QED) is 0.694. The molecule has 0 saturated carbocycles. The third-order valence-electron chi connectivity index (χ3n) is 2.45. The molecule has 0 aromatic heterocycles. The summed E-state index contributed by atoms with van der Waals surface area (Å²) in [6, 6.07) is 0. The Kier molecular flexibility index (Phi) is 3.32. The number of hydrogen-bond acceptors (Lipinski definition) is 2. The van der Waals surface area contributed by atoms with Crippen molar-refractivity contribution < 1.29 is 10.9 Å². The third kappa shape index (κ3) is 3.69. The van der Waals surface area contributed by atoms with Gasteiger partial charge in [-0.2, -0.15) is 0 Å². The summed E-state index contributed by atoms with van der Waals surface area (Å²) in [7, 11) is -1.79. The summed E-state index contributed by atoms with van der Waals surface area (Å²) in [5, 5.41) is 9.35. The van der Waals surface area contributed by atoms with E-state index in [1.807, 2.05) is 0 Å². The Balaban J connectivity index is 4.21. The van der Waals surface area contributed by atoms with Gasteiger partial charge < -0.3 is 9.53 Å². The summed E-state index contributed by atoms with van der Waals surface area (Å²) in [5.74, 6) is 0. The van der Waals surface area contributed by atoms with Gasteiger partial charge in [0.05, 0.1) is 14.1 Å². The third-order valence-corrected chi connectivity index (χ3v) is 6.93. The molecule has 0 aliphatic carbocycles. The lowest BCUT2D eigenvalue weighted by atomic mass is 10.2. The minimum absolute atomic E-state index is 0.101. The minimum Gasteiger partial charge on any atom is -0.414 e. The summed E-state index contributed by atoms with van der Waals surface area (Å²) in [4.78, 5) is 0. The van der Waals surface area contributed by atoms with Gasteiger partial charge in [0.2, 0.25) is 0 Å². The van der Waals surface area contributed by atoms with E-state index in [4.69, 9.17) is 5.80 Å². The van der Waals surface area contributed by atoms with Crippen molar-refractivity contribution in [3.63, 3.8) is 0 Å². The van der Waals surface area contributed by atoms with Gasteiger partial charge in [-0.05, 0) is 25.1 Å². The smallest absolute Gasteiger partial charge is 0.192 e. The predicted octanol–water partition coefficient (Wildman–Crippen LogP) is 2.39. The largest absolute Gasteiger partial charge is 0.414 e. The van der Waals surface area contributed by atoms with Crippen LogP contribution in [-0.2, 0) is 4.43 Å². The molecule has 0 aliphatic heterocycles. The fraction of sp³-hybridized carbons (Fsp3) is 1.00. The van der Waals surface area contributed by atoms with Crippen LogP contribution < -0.4 is 0 Å². The van der Waals surface area contributed by atoms with E-state index >= 15 is 0 Å². The molecule has 1 N–H and O–H groups in total. The van der Waals surface area contributed by atoms with Crippen LogP contribution in [0.2, 0.25) is 18.1 Å². The predicted molar refractivity (Wildman–Crippen MR) is 54.8 cm³/mol. The number of rotatable bonds is 3. The van der Waals surface area contributed by atoms with Crippen molar-refractivity contribution in [1.29, 1.82) is 0 Å². The Hall–Kier alpha value is 0.137. The second kappa shape index (κ2) is 3.90. The molecule has 0 radical (unpaired) electrons. The average Bonchev–Trinajstić information content (AvgIpc) is 1.79. The molecule has 0 bridgehead atoms. The van der Waals surface area contributed by atoms with E-state index in [0.717, 1.165) is 0 Å². The zero-order valence-corrected chi connectivity index (χ0v) is 10.1. The first kappa shape index (κ1) is 10.2. The van der Waals surface area contributed by atoms with Crippen LogP contribution in [-0.4, -0.2) is 26.1 Å². The summed E-state index contributed by atoms with van der Waals surface area (Å²) in [6.45, 7) is 12.2. The van der Waals surface area contributed by atoms with E-state index in [0.29, 0.717) is 0 Å². The Morgan fingerprint density at radius 3 is 2.17 bits per heavy atom. The van der Waals surface area contributed by atoms with E-state index < -0.39 is 14.4 Å². The van der Waals surface area contributed by atoms with Crippen molar-refractivity contribution in [3.05, 3.63) is 0 Å². The Bertz CT molecular complexity index is 167. The molecule has 3 heteroatoms. The zero-order chi connectivity index (χ0) is 10.9. The molecule has 74 valence electrons. The SMILES string of the molecule is [2H][C@](C)(O)CO[Si](C)(C)C(C)(C)C. The number of hydrogen-bond donors (Lipinski definition) is 1. The van der Waals surface area contributed by atoms with Gasteiger partial charge in [-0.25, -0.2) is 0 Å². The molecule has 0 aliphatic rings. The van der Waals surface area contributed by atoms with Gasteiger partial charge in [-0.15, -0.1) is 0 Å². The zero-order valence-electron chi connectivity index (χ0n) is 10.1. The maximum Gasteiger partial charge on any atom is 0.192 e. The minimum atomic E-state index is -1.79.